The van der Waals surface area contributed by atoms with Crippen molar-refractivity contribution in [1.82, 2.24) is 14.4 Å². The number of nitrogens with zero attached hydrogens (tertiary/aromatic N) is 3. The molecule has 0 bridgehead atoms. The normalized spacial score (nSPS) is 15.8. The maximum Gasteiger partial charge on any atom is 0.261 e. The summed E-state index contributed by atoms with van der Waals surface area (Å²) in [5.41, 5.74) is 5.68. The lowest BCUT2D eigenvalue weighted by Crippen LogP contribution is -2.24. The van der Waals surface area contributed by atoms with Crippen molar-refractivity contribution in [2.24, 2.45) is 0 Å². The van der Waals surface area contributed by atoms with E-state index in [0.29, 0.717) is 5.65 Å². The molecule has 0 amide bonds. The lowest BCUT2D eigenvalue weighted by molar-refractivity contribution is 0.786. The average molecular weight is 303 g/mol. The van der Waals surface area contributed by atoms with Gasteiger partial charge in [-0.05, 0) is 61.1 Å². The molecule has 1 aliphatic carbocycles. The molecule has 3 heterocycles. The van der Waals surface area contributed by atoms with Gasteiger partial charge >= 0.3 is 0 Å². The Labute approximate surface area is 134 Å². The molecule has 0 N–H and O–H groups in total. The van der Waals surface area contributed by atoms with Crippen LogP contribution in [0.5, 0.6) is 0 Å². The van der Waals surface area contributed by atoms with Gasteiger partial charge in [0.2, 0.25) is 0 Å². The molecule has 23 heavy (non-hydrogen) atoms. The summed E-state index contributed by atoms with van der Waals surface area (Å²) in [5.74, 6) is 0. The first-order chi connectivity index (χ1) is 11.2. The molecule has 0 saturated heterocycles. The monoisotopic (exact) mass is 303 g/mol. The summed E-state index contributed by atoms with van der Waals surface area (Å²) in [7, 11) is 0. The number of pyridine rings is 2. The highest BCUT2D eigenvalue weighted by atomic mass is 16.1. The van der Waals surface area contributed by atoms with Crippen LogP contribution in [-0.4, -0.2) is 14.4 Å². The Hall–Kier alpha value is -2.75. The van der Waals surface area contributed by atoms with Gasteiger partial charge in [0.05, 0.1) is 5.69 Å². The summed E-state index contributed by atoms with van der Waals surface area (Å²) < 4.78 is 1.67. The van der Waals surface area contributed by atoms with Crippen LogP contribution in [-0.2, 0) is 6.42 Å². The topological polar surface area (TPSA) is 47.3 Å². The molecule has 114 valence electrons. The van der Waals surface area contributed by atoms with Crippen LogP contribution in [0.1, 0.15) is 35.2 Å². The van der Waals surface area contributed by atoms with Crippen LogP contribution in [0, 0.1) is 6.92 Å². The van der Waals surface area contributed by atoms with Gasteiger partial charge in [-0.25, -0.2) is 4.98 Å². The number of allylic oxidation sites excluding steroid dienone is 1. The van der Waals surface area contributed by atoms with E-state index in [4.69, 9.17) is 4.98 Å². The minimum atomic E-state index is 0.0606. The molecule has 0 atom stereocenters. The summed E-state index contributed by atoms with van der Waals surface area (Å²) in [6.07, 6.45) is 10.3. The molecule has 4 nitrogen and oxygen atoms in total. The van der Waals surface area contributed by atoms with E-state index in [1.54, 1.807) is 10.6 Å². The van der Waals surface area contributed by atoms with Crippen LogP contribution in [0.4, 0.5) is 0 Å². The Kier molecular flexibility index (Phi) is 3.30. The molecule has 1 aliphatic rings. The fourth-order valence-electron chi connectivity index (χ4n) is 3.15. The lowest BCUT2D eigenvalue weighted by atomic mass is 9.91. The van der Waals surface area contributed by atoms with E-state index < -0.39 is 0 Å². The van der Waals surface area contributed by atoms with Crippen molar-refractivity contribution in [3.8, 4) is 0 Å². The number of rotatable bonds is 1. The highest BCUT2D eigenvalue weighted by molar-refractivity contribution is 5.82. The predicted octanol–water partition coefficient (Wildman–Crippen LogP) is 3.27. The SMILES string of the molecule is Cc1ccc2nc3c(c(=O)n2c1)CCC/C3=C/c1cccnc1. The molecule has 4 rings (SSSR count). The Bertz CT molecular complexity index is 971. The van der Waals surface area contributed by atoms with Gasteiger partial charge < -0.3 is 0 Å². The second-order valence-corrected chi connectivity index (χ2v) is 5.99. The summed E-state index contributed by atoms with van der Waals surface area (Å²) >= 11 is 0. The van der Waals surface area contributed by atoms with E-state index >= 15 is 0 Å². The molecule has 3 aromatic heterocycles. The van der Waals surface area contributed by atoms with E-state index in [9.17, 15) is 4.79 Å². The molecule has 4 heteroatoms. The third-order valence-electron chi connectivity index (χ3n) is 4.27. The molecule has 0 fully saturated rings. The highest BCUT2D eigenvalue weighted by Crippen LogP contribution is 2.29. The zero-order valence-corrected chi connectivity index (χ0v) is 13.0. The second-order valence-electron chi connectivity index (χ2n) is 5.99. The van der Waals surface area contributed by atoms with Crippen LogP contribution in [0.25, 0.3) is 17.3 Å². The van der Waals surface area contributed by atoms with Crippen molar-refractivity contribution in [1.29, 1.82) is 0 Å². The van der Waals surface area contributed by atoms with Crippen molar-refractivity contribution in [3.63, 3.8) is 0 Å². The van der Waals surface area contributed by atoms with Crippen LogP contribution >= 0.6 is 0 Å². The lowest BCUT2D eigenvalue weighted by Gasteiger charge is -2.18. The Balaban J connectivity index is 1.95. The molecule has 3 aromatic rings. The van der Waals surface area contributed by atoms with Crippen LogP contribution < -0.4 is 5.56 Å². The summed E-state index contributed by atoms with van der Waals surface area (Å²) in [4.78, 5) is 21.7. The Morgan fingerprint density at radius 2 is 2.13 bits per heavy atom. The molecule has 0 radical (unpaired) electrons. The van der Waals surface area contributed by atoms with E-state index in [0.717, 1.165) is 47.2 Å². The number of fused-ring (bicyclic) bond motifs is 2. The Morgan fingerprint density at radius 3 is 2.96 bits per heavy atom. The van der Waals surface area contributed by atoms with E-state index in [2.05, 4.69) is 11.1 Å². The first-order valence-electron chi connectivity index (χ1n) is 7.85. The molecule has 0 saturated carbocycles. The van der Waals surface area contributed by atoms with Crippen LogP contribution in [0.15, 0.2) is 47.7 Å². The number of hydrogen-bond acceptors (Lipinski definition) is 3. The van der Waals surface area contributed by atoms with Gasteiger partial charge in [0.1, 0.15) is 5.65 Å². The van der Waals surface area contributed by atoms with Gasteiger partial charge in [0, 0.05) is 24.2 Å². The van der Waals surface area contributed by atoms with Crippen molar-refractivity contribution in [2.75, 3.05) is 0 Å². The minimum absolute atomic E-state index is 0.0606. The van der Waals surface area contributed by atoms with Gasteiger partial charge in [0.25, 0.3) is 5.56 Å². The van der Waals surface area contributed by atoms with Gasteiger partial charge in [-0.3, -0.25) is 14.2 Å². The maximum absolute atomic E-state index is 12.8. The quantitative estimate of drug-likeness (QED) is 0.693. The zero-order valence-electron chi connectivity index (χ0n) is 13.0. The van der Waals surface area contributed by atoms with Gasteiger partial charge in [0.15, 0.2) is 0 Å². The van der Waals surface area contributed by atoms with Crippen LogP contribution in [0.2, 0.25) is 0 Å². The minimum Gasteiger partial charge on any atom is -0.269 e. The van der Waals surface area contributed by atoms with Crippen molar-refractivity contribution in [2.45, 2.75) is 26.2 Å². The van der Waals surface area contributed by atoms with E-state index in [1.807, 2.05) is 43.6 Å². The third kappa shape index (κ3) is 2.46. The molecule has 0 aliphatic heterocycles. The maximum atomic E-state index is 12.8. The Morgan fingerprint density at radius 1 is 1.22 bits per heavy atom. The fourth-order valence-corrected chi connectivity index (χ4v) is 3.15. The first-order valence-corrected chi connectivity index (χ1v) is 7.85. The fraction of sp³-hybridized carbons (Fsp3) is 0.211. The average Bonchev–Trinajstić information content (AvgIpc) is 2.57. The van der Waals surface area contributed by atoms with Gasteiger partial charge in [-0.2, -0.15) is 0 Å². The van der Waals surface area contributed by atoms with Gasteiger partial charge in [-0.1, -0.05) is 12.1 Å². The van der Waals surface area contributed by atoms with Crippen molar-refractivity contribution in [3.05, 3.63) is 75.6 Å². The number of hydrogen-bond donors (Lipinski definition) is 0. The molecular weight excluding hydrogens is 286 g/mol. The smallest absolute Gasteiger partial charge is 0.261 e. The highest BCUT2D eigenvalue weighted by Gasteiger charge is 2.20. The van der Waals surface area contributed by atoms with E-state index in [-0.39, 0.29) is 5.56 Å². The molecule has 0 spiro atoms. The summed E-state index contributed by atoms with van der Waals surface area (Å²) in [6, 6.07) is 7.84. The largest absolute Gasteiger partial charge is 0.269 e. The number of aromatic nitrogens is 3. The molecule has 0 unspecified atom stereocenters. The van der Waals surface area contributed by atoms with Crippen molar-refractivity contribution >= 4 is 17.3 Å². The number of aryl methyl sites for hydroxylation is 1. The zero-order chi connectivity index (χ0) is 15.8. The first kappa shape index (κ1) is 13.9. The van der Waals surface area contributed by atoms with E-state index in [1.165, 1.54) is 0 Å². The summed E-state index contributed by atoms with van der Waals surface area (Å²) in [6.45, 7) is 1.99. The van der Waals surface area contributed by atoms with Crippen molar-refractivity contribution < 1.29 is 0 Å². The second kappa shape index (κ2) is 5.47. The predicted molar refractivity (Wildman–Crippen MR) is 91.2 cm³/mol. The third-order valence-corrected chi connectivity index (χ3v) is 4.27. The van der Waals surface area contributed by atoms with Gasteiger partial charge in [-0.15, -0.1) is 0 Å². The molecular formula is C19H17N3O. The summed E-state index contributed by atoms with van der Waals surface area (Å²) in [5, 5.41) is 0. The standard InChI is InChI=1S/C19H17N3O/c1-13-7-8-17-21-18-15(10-14-4-3-9-20-11-14)5-2-6-16(18)19(23)22(17)12-13/h3-4,7-12H,2,5-6H2,1H3/b15-10-. The van der Waals surface area contributed by atoms with Crippen LogP contribution in [0.3, 0.4) is 0 Å². The molecule has 0 aromatic carbocycles.